The Balaban J connectivity index is 1.02. The monoisotopic (exact) mass is 683 g/mol. The Bertz CT molecular complexity index is 1640. The van der Waals surface area contributed by atoms with Gasteiger partial charge >= 0.3 is 5.97 Å². The van der Waals surface area contributed by atoms with E-state index < -0.39 is 5.97 Å². The molecular formula is C35H39Cl2N3O7. The van der Waals surface area contributed by atoms with Crippen molar-refractivity contribution in [3.8, 4) is 0 Å². The van der Waals surface area contributed by atoms with Gasteiger partial charge in [0.1, 0.15) is 11.8 Å². The van der Waals surface area contributed by atoms with E-state index in [-0.39, 0.29) is 47.4 Å². The highest BCUT2D eigenvalue weighted by atomic mass is 35.5. The van der Waals surface area contributed by atoms with Gasteiger partial charge in [-0.1, -0.05) is 41.4 Å². The molecule has 3 aliphatic heterocycles. The predicted molar refractivity (Wildman–Crippen MR) is 177 cm³/mol. The van der Waals surface area contributed by atoms with Gasteiger partial charge in [0.25, 0.3) is 5.91 Å². The third-order valence-electron chi connectivity index (χ3n) is 10.5. The van der Waals surface area contributed by atoms with Crippen molar-refractivity contribution in [3.63, 3.8) is 0 Å². The number of amides is 2. The second-order valence-corrected chi connectivity index (χ2v) is 14.3. The summed E-state index contributed by atoms with van der Waals surface area (Å²) in [5, 5.41) is 13.5. The van der Waals surface area contributed by atoms with E-state index in [9.17, 15) is 19.5 Å². The number of halogens is 2. The summed E-state index contributed by atoms with van der Waals surface area (Å²) in [5.41, 5.74) is 1.91. The first-order valence-corrected chi connectivity index (χ1v) is 17.2. The number of nitrogens with one attached hydrogen (secondary N) is 1. The minimum Gasteiger partial charge on any atom is -0.481 e. The molecule has 2 N–H and O–H groups in total. The van der Waals surface area contributed by atoms with Crippen LogP contribution in [0.2, 0.25) is 10.0 Å². The molecule has 7 rings (SSSR count). The molecule has 4 fully saturated rings. The zero-order chi connectivity index (χ0) is 32.7. The predicted octanol–water partition coefficient (Wildman–Crippen LogP) is 5.74. The highest BCUT2D eigenvalue weighted by Crippen LogP contribution is 2.36. The molecule has 3 saturated heterocycles. The van der Waals surface area contributed by atoms with E-state index in [2.05, 4.69) is 10.2 Å². The van der Waals surface area contributed by atoms with Crippen molar-refractivity contribution in [1.82, 2.24) is 9.80 Å². The number of para-hydroxylation sites is 1. The Morgan fingerprint density at radius 1 is 0.979 bits per heavy atom. The minimum atomic E-state index is -0.736. The van der Waals surface area contributed by atoms with E-state index in [0.717, 1.165) is 32.7 Å². The van der Waals surface area contributed by atoms with Crippen molar-refractivity contribution in [2.45, 2.75) is 56.7 Å². The lowest BCUT2D eigenvalue weighted by molar-refractivity contribution is -0.144. The average molecular weight is 685 g/mol. The first-order valence-electron chi connectivity index (χ1n) is 16.4. The number of carboxylic acids is 1. The summed E-state index contributed by atoms with van der Waals surface area (Å²) in [7, 11) is 0. The quantitative estimate of drug-likeness (QED) is 0.293. The lowest BCUT2D eigenvalue weighted by Crippen LogP contribution is -2.41. The standard InChI is InChI=1S/C35H39Cl2N3O7/c36-29-12-31(38-34(42)28-19-47-32-4-2-1-3-27(28)32)30(37)9-21(29)10-33(41)40-15-24(39-13-22-16-45-17-23(22)14-39)11-25(40)18-46-26-7-5-20(6-8-26)35(43)44/h1-4,9,12,19-20,22-26H,5-8,10-11,13-18H2,(H,38,42)(H,43,44)/t20-,22-,23+,24-,25-,26-/m0/s1. The maximum Gasteiger partial charge on any atom is 0.306 e. The second-order valence-electron chi connectivity index (χ2n) is 13.4. The lowest BCUT2D eigenvalue weighted by Gasteiger charge is -2.30. The van der Waals surface area contributed by atoms with Crippen LogP contribution in [-0.2, 0) is 25.5 Å². The normalized spacial score (nSPS) is 27.7. The van der Waals surface area contributed by atoms with Gasteiger partial charge in [0.2, 0.25) is 5.91 Å². The molecule has 250 valence electrons. The largest absolute Gasteiger partial charge is 0.481 e. The summed E-state index contributed by atoms with van der Waals surface area (Å²) in [5.74, 6) is -0.378. The SMILES string of the molecule is O=C(Nc1cc(Cl)c(CC(=O)N2C[C@@H](N3C[C@H]4COC[C@H]4C3)C[C@H]2CO[C@H]2CC[C@H](C(=O)O)CC2)cc1Cl)c1coc2ccccc12. The molecule has 12 heteroatoms. The first-order chi connectivity index (χ1) is 22.7. The third kappa shape index (κ3) is 6.89. The van der Waals surface area contributed by atoms with E-state index in [1.54, 1.807) is 18.2 Å². The van der Waals surface area contributed by atoms with Crippen LogP contribution in [0.15, 0.2) is 47.1 Å². The Hall–Kier alpha value is -3.15. The zero-order valence-electron chi connectivity index (χ0n) is 26.0. The van der Waals surface area contributed by atoms with Gasteiger partial charge in [-0.3, -0.25) is 19.3 Å². The van der Waals surface area contributed by atoms with Crippen LogP contribution >= 0.6 is 23.2 Å². The third-order valence-corrected chi connectivity index (χ3v) is 11.2. The van der Waals surface area contributed by atoms with Gasteiger partial charge in [0.05, 0.1) is 60.6 Å². The van der Waals surface area contributed by atoms with Crippen LogP contribution in [0.1, 0.15) is 48.0 Å². The number of furan rings is 1. The number of nitrogens with zero attached hydrogens (tertiary/aromatic N) is 2. The summed E-state index contributed by atoms with van der Waals surface area (Å²) in [6, 6.07) is 10.6. The zero-order valence-corrected chi connectivity index (χ0v) is 27.5. The maximum atomic E-state index is 13.9. The van der Waals surface area contributed by atoms with Crippen LogP contribution in [0, 0.1) is 17.8 Å². The van der Waals surface area contributed by atoms with Crippen molar-refractivity contribution in [2.24, 2.45) is 17.8 Å². The Kier molecular flexibility index (Phi) is 9.49. The molecule has 1 saturated carbocycles. The molecule has 4 atom stereocenters. The number of carboxylic acid groups (broad SMARTS) is 1. The second kappa shape index (κ2) is 13.8. The van der Waals surface area contributed by atoms with E-state index in [1.165, 1.54) is 6.26 Å². The number of hydrogen-bond acceptors (Lipinski definition) is 7. The van der Waals surface area contributed by atoms with Gasteiger partial charge in [-0.15, -0.1) is 0 Å². The molecule has 1 aromatic heterocycles. The molecule has 2 amide bonds. The molecule has 0 spiro atoms. The Labute approximate surface area is 283 Å². The molecule has 47 heavy (non-hydrogen) atoms. The van der Waals surface area contributed by atoms with Crippen molar-refractivity contribution < 1.29 is 33.4 Å². The topological polar surface area (TPSA) is 122 Å². The number of ether oxygens (including phenoxy) is 2. The fourth-order valence-electron chi connectivity index (χ4n) is 7.79. The van der Waals surface area contributed by atoms with Gasteiger partial charge in [0.15, 0.2) is 0 Å². The number of carbonyl (C=O) groups is 3. The smallest absolute Gasteiger partial charge is 0.306 e. The molecule has 10 nitrogen and oxygen atoms in total. The number of rotatable bonds is 9. The number of aliphatic carboxylic acids is 1. The minimum absolute atomic E-state index is 0.000869. The molecule has 0 unspecified atom stereocenters. The molecular weight excluding hydrogens is 645 g/mol. The number of carbonyl (C=O) groups excluding carboxylic acids is 2. The number of anilines is 1. The van der Waals surface area contributed by atoms with Crippen molar-refractivity contribution in [1.29, 1.82) is 0 Å². The van der Waals surface area contributed by atoms with Crippen LogP contribution in [0.25, 0.3) is 11.0 Å². The van der Waals surface area contributed by atoms with Gasteiger partial charge < -0.3 is 29.2 Å². The van der Waals surface area contributed by atoms with Crippen LogP contribution in [0.5, 0.6) is 0 Å². The van der Waals surface area contributed by atoms with Gasteiger partial charge in [-0.25, -0.2) is 0 Å². The molecule has 4 aliphatic rings. The summed E-state index contributed by atoms with van der Waals surface area (Å²) in [4.78, 5) is 42.9. The van der Waals surface area contributed by atoms with E-state index >= 15 is 0 Å². The first kappa shape index (κ1) is 32.4. The van der Waals surface area contributed by atoms with E-state index in [4.69, 9.17) is 37.1 Å². The molecule has 3 aromatic rings. The summed E-state index contributed by atoms with van der Waals surface area (Å²) < 4.78 is 17.5. The maximum absolute atomic E-state index is 13.9. The number of likely N-dealkylation sites (tertiary alicyclic amines) is 2. The highest BCUT2D eigenvalue weighted by molar-refractivity contribution is 6.36. The Morgan fingerprint density at radius 2 is 1.72 bits per heavy atom. The number of hydrogen-bond donors (Lipinski definition) is 2. The summed E-state index contributed by atoms with van der Waals surface area (Å²) >= 11 is 13.3. The van der Waals surface area contributed by atoms with Crippen molar-refractivity contribution in [2.75, 3.05) is 44.8 Å². The molecule has 0 bridgehead atoms. The highest BCUT2D eigenvalue weighted by Gasteiger charge is 2.45. The van der Waals surface area contributed by atoms with Crippen LogP contribution in [-0.4, -0.2) is 90.3 Å². The van der Waals surface area contributed by atoms with E-state index in [0.29, 0.717) is 83.5 Å². The van der Waals surface area contributed by atoms with Crippen molar-refractivity contribution in [3.05, 3.63) is 63.8 Å². The van der Waals surface area contributed by atoms with Crippen molar-refractivity contribution >= 4 is 57.6 Å². The molecule has 2 aromatic carbocycles. The Morgan fingerprint density at radius 3 is 2.47 bits per heavy atom. The molecule has 0 radical (unpaired) electrons. The van der Waals surface area contributed by atoms with Crippen LogP contribution in [0.4, 0.5) is 5.69 Å². The van der Waals surface area contributed by atoms with Crippen LogP contribution < -0.4 is 5.32 Å². The lowest BCUT2D eigenvalue weighted by atomic mass is 9.87. The number of benzene rings is 2. The average Bonchev–Trinajstić information content (AvgIpc) is 3.85. The fourth-order valence-corrected chi connectivity index (χ4v) is 8.26. The van der Waals surface area contributed by atoms with Gasteiger partial charge in [-0.2, -0.15) is 0 Å². The van der Waals surface area contributed by atoms with Gasteiger partial charge in [0, 0.05) is 47.9 Å². The number of fused-ring (bicyclic) bond motifs is 2. The van der Waals surface area contributed by atoms with Gasteiger partial charge in [-0.05, 0) is 55.9 Å². The van der Waals surface area contributed by atoms with E-state index in [1.807, 2.05) is 23.1 Å². The summed E-state index contributed by atoms with van der Waals surface area (Å²) in [6.07, 6.45) is 4.95. The molecule has 4 heterocycles. The fraction of sp³-hybridized carbons (Fsp3) is 0.514. The summed E-state index contributed by atoms with van der Waals surface area (Å²) in [6.45, 7) is 4.58. The van der Waals surface area contributed by atoms with Crippen LogP contribution in [0.3, 0.4) is 0 Å². The molecule has 1 aliphatic carbocycles.